The maximum absolute atomic E-state index is 6.06. The van der Waals surface area contributed by atoms with Crippen LogP contribution in [0.25, 0.3) is 0 Å². The quantitative estimate of drug-likeness (QED) is 0.644. The highest BCUT2D eigenvalue weighted by Gasteiger charge is 2.24. The van der Waals surface area contributed by atoms with Gasteiger partial charge < -0.3 is 16.0 Å². The Kier molecular flexibility index (Phi) is 6.42. The van der Waals surface area contributed by atoms with Crippen molar-refractivity contribution in [1.29, 1.82) is 0 Å². The minimum Gasteiger partial charge on any atom is -0.370 e. The SMILES string of the molecule is Cc1ccc(NC(N)=NCC(C(C)C)N2CCN(C)CC2)cc1. The molecule has 1 aromatic rings. The third-order valence-electron chi connectivity index (χ3n) is 4.55. The highest BCUT2D eigenvalue weighted by Crippen LogP contribution is 2.14. The lowest BCUT2D eigenvalue weighted by molar-refractivity contribution is 0.0926. The lowest BCUT2D eigenvalue weighted by atomic mass is 10.0. The standard InChI is InChI=1S/C18H31N5/c1-14(2)17(23-11-9-22(4)10-12-23)13-20-18(19)21-16-7-5-15(3)6-8-16/h5-8,14,17H,9-13H2,1-4H3,(H3,19,20,21). The van der Waals surface area contributed by atoms with Gasteiger partial charge in [0.2, 0.25) is 0 Å². The maximum atomic E-state index is 6.06. The first-order chi connectivity index (χ1) is 11.0. The number of nitrogens with one attached hydrogen (secondary N) is 1. The van der Waals surface area contributed by atoms with Gasteiger partial charge in [-0.15, -0.1) is 0 Å². The van der Waals surface area contributed by atoms with E-state index in [9.17, 15) is 0 Å². The minimum absolute atomic E-state index is 0.446. The van der Waals surface area contributed by atoms with Crippen LogP contribution in [0.2, 0.25) is 0 Å². The van der Waals surface area contributed by atoms with E-state index in [0.717, 1.165) is 38.4 Å². The van der Waals surface area contributed by atoms with Crippen molar-refractivity contribution in [1.82, 2.24) is 9.80 Å². The third kappa shape index (κ3) is 5.52. The van der Waals surface area contributed by atoms with Crippen LogP contribution in [0.4, 0.5) is 5.69 Å². The zero-order chi connectivity index (χ0) is 16.8. The lowest BCUT2D eigenvalue weighted by Crippen LogP contribution is -2.51. The van der Waals surface area contributed by atoms with E-state index in [4.69, 9.17) is 5.73 Å². The second-order valence-electron chi connectivity index (χ2n) is 6.87. The summed E-state index contributed by atoms with van der Waals surface area (Å²) in [7, 11) is 2.18. The number of likely N-dealkylation sites (N-methyl/N-ethyl adjacent to an activating group) is 1. The topological polar surface area (TPSA) is 56.9 Å². The Bertz CT molecular complexity index is 501. The molecule has 0 aromatic heterocycles. The molecule has 1 fully saturated rings. The molecule has 2 rings (SSSR count). The summed E-state index contributed by atoms with van der Waals surface area (Å²) in [5.41, 5.74) is 8.28. The van der Waals surface area contributed by atoms with Crippen molar-refractivity contribution in [2.24, 2.45) is 16.6 Å². The molecule has 0 aliphatic carbocycles. The van der Waals surface area contributed by atoms with E-state index in [1.165, 1.54) is 5.56 Å². The van der Waals surface area contributed by atoms with Crippen LogP contribution >= 0.6 is 0 Å². The molecule has 0 amide bonds. The van der Waals surface area contributed by atoms with Crippen LogP contribution in [0, 0.1) is 12.8 Å². The number of anilines is 1. The maximum Gasteiger partial charge on any atom is 0.193 e. The number of guanidine groups is 1. The molecule has 1 saturated heterocycles. The van der Waals surface area contributed by atoms with Crippen LogP contribution < -0.4 is 11.1 Å². The van der Waals surface area contributed by atoms with E-state index in [-0.39, 0.29) is 0 Å². The third-order valence-corrected chi connectivity index (χ3v) is 4.55. The number of rotatable bonds is 5. The summed E-state index contributed by atoms with van der Waals surface area (Å²) >= 11 is 0. The lowest BCUT2D eigenvalue weighted by Gasteiger charge is -2.39. The van der Waals surface area contributed by atoms with Gasteiger partial charge in [0, 0.05) is 37.9 Å². The Balaban J connectivity index is 1.92. The van der Waals surface area contributed by atoms with Gasteiger partial charge in [-0.1, -0.05) is 31.5 Å². The summed E-state index contributed by atoms with van der Waals surface area (Å²) in [6.07, 6.45) is 0. The van der Waals surface area contributed by atoms with Gasteiger partial charge in [-0.2, -0.15) is 0 Å². The molecular formula is C18H31N5. The number of hydrogen-bond acceptors (Lipinski definition) is 3. The molecule has 0 radical (unpaired) electrons. The highest BCUT2D eigenvalue weighted by molar-refractivity contribution is 5.92. The van der Waals surface area contributed by atoms with Crippen molar-refractivity contribution >= 4 is 11.6 Å². The summed E-state index contributed by atoms with van der Waals surface area (Å²) in [4.78, 5) is 9.51. The average Bonchev–Trinajstić information content (AvgIpc) is 2.51. The van der Waals surface area contributed by atoms with Gasteiger partial charge in [-0.25, -0.2) is 0 Å². The van der Waals surface area contributed by atoms with Crippen LogP contribution in [0.1, 0.15) is 19.4 Å². The fraction of sp³-hybridized carbons (Fsp3) is 0.611. The highest BCUT2D eigenvalue weighted by atomic mass is 15.3. The fourth-order valence-electron chi connectivity index (χ4n) is 2.92. The van der Waals surface area contributed by atoms with Crippen molar-refractivity contribution in [3.63, 3.8) is 0 Å². The first-order valence-corrected chi connectivity index (χ1v) is 8.52. The molecule has 23 heavy (non-hydrogen) atoms. The molecule has 1 heterocycles. The van der Waals surface area contributed by atoms with Gasteiger partial charge in [0.15, 0.2) is 5.96 Å². The number of aliphatic imine (C=N–C) groups is 1. The fourth-order valence-corrected chi connectivity index (χ4v) is 2.92. The first-order valence-electron chi connectivity index (χ1n) is 8.52. The smallest absolute Gasteiger partial charge is 0.193 e. The Morgan fingerprint density at radius 1 is 1.17 bits per heavy atom. The number of nitrogens with two attached hydrogens (primary N) is 1. The Morgan fingerprint density at radius 3 is 2.35 bits per heavy atom. The van der Waals surface area contributed by atoms with Crippen molar-refractivity contribution in [3.8, 4) is 0 Å². The van der Waals surface area contributed by atoms with Crippen molar-refractivity contribution in [2.45, 2.75) is 26.8 Å². The average molecular weight is 317 g/mol. The number of hydrogen-bond donors (Lipinski definition) is 2. The summed E-state index contributed by atoms with van der Waals surface area (Å²) in [5, 5.41) is 3.17. The largest absolute Gasteiger partial charge is 0.370 e. The van der Waals surface area contributed by atoms with Gasteiger partial charge in [-0.05, 0) is 32.0 Å². The van der Waals surface area contributed by atoms with E-state index in [2.05, 4.69) is 60.1 Å². The van der Waals surface area contributed by atoms with Gasteiger partial charge in [0.1, 0.15) is 0 Å². The molecule has 1 atom stereocenters. The predicted molar refractivity (Wildman–Crippen MR) is 99.0 cm³/mol. The number of benzene rings is 1. The molecule has 3 N–H and O–H groups in total. The molecule has 1 aliphatic heterocycles. The van der Waals surface area contributed by atoms with Crippen LogP contribution in [0.5, 0.6) is 0 Å². The van der Waals surface area contributed by atoms with Gasteiger partial charge in [0.25, 0.3) is 0 Å². The summed E-state index contributed by atoms with van der Waals surface area (Å²) < 4.78 is 0. The Hall–Kier alpha value is -1.59. The number of piperazine rings is 1. The van der Waals surface area contributed by atoms with Crippen molar-refractivity contribution in [2.75, 3.05) is 45.1 Å². The number of aryl methyl sites for hydroxylation is 1. The second kappa shape index (κ2) is 8.31. The summed E-state index contributed by atoms with van der Waals surface area (Å²) in [5.74, 6) is 1.06. The molecule has 0 bridgehead atoms. The predicted octanol–water partition coefficient (Wildman–Crippen LogP) is 1.99. The Morgan fingerprint density at radius 2 is 1.78 bits per heavy atom. The zero-order valence-corrected chi connectivity index (χ0v) is 14.9. The van der Waals surface area contributed by atoms with Gasteiger partial charge >= 0.3 is 0 Å². The van der Waals surface area contributed by atoms with E-state index in [1.54, 1.807) is 0 Å². The summed E-state index contributed by atoms with van der Waals surface area (Å²) in [6, 6.07) is 8.63. The van der Waals surface area contributed by atoms with Crippen LogP contribution in [0.15, 0.2) is 29.3 Å². The molecule has 1 unspecified atom stereocenters. The molecule has 128 valence electrons. The Labute approximate surface area is 140 Å². The van der Waals surface area contributed by atoms with E-state index < -0.39 is 0 Å². The second-order valence-corrected chi connectivity index (χ2v) is 6.87. The first kappa shape index (κ1) is 17.8. The monoisotopic (exact) mass is 317 g/mol. The van der Waals surface area contributed by atoms with Crippen molar-refractivity contribution in [3.05, 3.63) is 29.8 Å². The van der Waals surface area contributed by atoms with Crippen LogP contribution in [-0.4, -0.2) is 61.6 Å². The van der Waals surface area contributed by atoms with E-state index in [1.807, 2.05) is 12.1 Å². The zero-order valence-electron chi connectivity index (χ0n) is 14.9. The van der Waals surface area contributed by atoms with E-state index in [0.29, 0.717) is 17.9 Å². The van der Waals surface area contributed by atoms with Gasteiger partial charge in [0.05, 0.1) is 6.54 Å². The van der Waals surface area contributed by atoms with Crippen LogP contribution in [0.3, 0.4) is 0 Å². The van der Waals surface area contributed by atoms with E-state index >= 15 is 0 Å². The molecular weight excluding hydrogens is 286 g/mol. The molecule has 1 aromatic carbocycles. The molecule has 0 spiro atoms. The molecule has 5 heteroatoms. The normalized spacial score (nSPS) is 19.1. The molecule has 1 aliphatic rings. The van der Waals surface area contributed by atoms with Crippen molar-refractivity contribution < 1.29 is 0 Å². The minimum atomic E-state index is 0.446. The van der Waals surface area contributed by atoms with Gasteiger partial charge in [-0.3, -0.25) is 9.89 Å². The summed E-state index contributed by atoms with van der Waals surface area (Å²) in [6.45, 7) is 11.8. The molecule has 0 saturated carbocycles. The van der Waals surface area contributed by atoms with Crippen LogP contribution in [-0.2, 0) is 0 Å². The molecule has 5 nitrogen and oxygen atoms in total. The number of nitrogens with zero attached hydrogens (tertiary/aromatic N) is 3.